The number of aromatic nitrogens is 1. The Morgan fingerprint density at radius 2 is 1.06 bits per heavy atom. The molecule has 0 N–H and O–H groups in total. The van der Waals surface area contributed by atoms with Gasteiger partial charge in [0.15, 0.2) is 5.58 Å². The fourth-order valence-corrected chi connectivity index (χ4v) is 9.28. The highest BCUT2D eigenvalue weighted by molar-refractivity contribution is 7.26. The van der Waals surface area contributed by atoms with Crippen molar-refractivity contribution in [2.75, 3.05) is 0 Å². The summed E-state index contributed by atoms with van der Waals surface area (Å²) in [4.78, 5) is 4.91. The Morgan fingerprint density at radius 1 is 0.440 bits per heavy atom. The predicted molar refractivity (Wildman–Crippen MR) is 213 cm³/mol. The van der Waals surface area contributed by atoms with Gasteiger partial charge >= 0.3 is 0 Å². The standard InChI is InChI=1S/C47H27NOS/c1-2-11-30(12-3-1)47-48-40-26-25-29-23-21-28-22-24-31(27-39(28)43(29)45(40)49-47)42-33-14-4-6-16-35(33)44(36-17-7-5-15-34(36)42)38-19-10-18-37-32-13-8-9-20-41(32)50-46(37)38/h1-27H. The van der Waals surface area contributed by atoms with Crippen molar-refractivity contribution in [3.63, 3.8) is 0 Å². The van der Waals surface area contributed by atoms with Gasteiger partial charge in [-0.05, 0) is 84.7 Å². The fraction of sp³-hybridized carbons (Fsp3) is 0. The third-order valence-electron chi connectivity index (χ3n) is 10.3. The molecular formula is C47H27NOS. The first-order chi connectivity index (χ1) is 24.8. The van der Waals surface area contributed by atoms with Crippen LogP contribution in [0.1, 0.15) is 0 Å². The molecular weight excluding hydrogens is 627 g/mol. The van der Waals surface area contributed by atoms with E-state index in [1.165, 1.54) is 69.4 Å². The molecule has 0 aliphatic carbocycles. The van der Waals surface area contributed by atoms with E-state index in [9.17, 15) is 0 Å². The Labute approximate surface area is 291 Å². The molecule has 0 radical (unpaired) electrons. The van der Waals surface area contributed by atoms with Gasteiger partial charge in [0.25, 0.3) is 0 Å². The van der Waals surface area contributed by atoms with Crippen molar-refractivity contribution in [2.24, 2.45) is 0 Å². The molecule has 9 aromatic carbocycles. The zero-order valence-electron chi connectivity index (χ0n) is 26.9. The quantitative estimate of drug-likeness (QED) is 0.140. The maximum atomic E-state index is 6.57. The SMILES string of the molecule is c1ccc(-c2nc3ccc4ccc5ccc(-c6c7ccccc7c(-c7cccc8c7sc7ccccc78)c7ccccc67)cc5c4c3o2)cc1. The van der Waals surface area contributed by atoms with Crippen molar-refractivity contribution in [2.45, 2.75) is 0 Å². The average molecular weight is 654 g/mol. The third-order valence-corrected chi connectivity index (χ3v) is 11.5. The number of rotatable bonds is 3. The van der Waals surface area contributed by atoms with Crippen molar-refractivity contribution in [1.29, 1.82) is 0 Å². The van der Waals surface area contributed by atoms with Crippen LogP contribution in [0.3, 0.4) is 0 Å². The van der Waals surface area contributed by atoms with Crippen molar-refractivity contribution in [1.82, 2.24) is 4.98 Å². The van der Waals surface area contributed by atoms with E-state index in [0.717, 1.165) is 32.8 Å². The van der Waals surface area contributed by atoms with E-state index in [1.54, 1.807) is 0 Å². The molecule has 50 heavy (non-hydrogen) atoms. The molecule has 0 aliphatic heterocycles. The van der Waals surface area contributed by atoms with Crippen LogP contribution in [-0.2, 0) is 0 Å². The van der Waals surface area contributed by atoms with Gasteiger partial charge in [-0.2, -0.15) is 0 Å². The largest absolute Gasteiger partial charge is 0.435 e. The van der Waals surface area contributed by atoms with Crippen LogP contribution in [0.5, 0.6) is 0 Å². The molecule has 0 bridgehead atoms. The maximum Gasteiger partial charge on any atom is 0.227 e. The molecule has 3 heteroatoms. The number of oxazole rings is 1. The second kappa shape index (κ2) is 10.6. The molecule has 0 aliphatic rings. The average Bonchev–Trinajstić information content (AvgIpc) is 3.79. The van der Waals surface area contributed by atoms with Gasteiger partial charge in [-0.3, -0.25) is 0 Å². The van der Waals surface area contributed by atoms with Crippen molar-refractivity contribution >= 4 is 85.7 Å². The maximum absolute atomic E-state index is 6.57. The van der Waals surface area contributed by atoms with Crippen molar-refractivity contribution in [3.8, 4) is 33.7 Å². The second-order valence-corrected chi connectivity index (χ2v) is 14.1. The zero-order chi connectivity index (χ0) is 32.8. The number of nitrogens with zero attached hydrogens (tertiary/aromatic N) is 1. The first kappa shape index (κ1) is 27.6. The molecule has 0 atom stereocenters. The Balaban J connectivity index is 1.21. The predicted octanol–water partition coefficient (Wildman–Crippen LogP) is 13.8. The topological polar surface area (TPSA) is 26.0 Å². The molecule has 232 valence electrons. The van der Waals surface area contributed by atoms with Crippen LogP contribution in [0.4, 0.5) is 0 Å². The van der Waals surface area contributed by atoms with E-state index in [2.05, 4.69) is 133 Å². The summed E-state index contributed by atoms with van der Waals surface area (Å²) in [6, 6.07) is 59.1. The van der Waals surface area contributed by atoms with Crippen LogP contribution in [0.2, 0.25) is 0 Å². The highest BCUT2D eigenvalue weighted by atomic mass is 32.1. The van der Waals surface area contributed by atoms with Crippen LogP contribution < -0.4 is 0 Å². The van der Waals surface area contributed by atoms with E-state index in [4.69, 9.17) is 9.40 Å². The normalized spacial score (nSPS) is 12.0. The van der Waals surface area contributed by atoms with Crippen molar-refractivity contribution in [3.05, 3.63) is 164 Å². The van der Waals surface area contributed by atoms with Crippen molar-refractivity contribution < 1.29 is 4.42 Å². The zero-order valence-corrected chi connectivity index (χ0v) is 27.7. The number of fused-ring (bicyclic) bond motifs is 10. The Hall–Kier alpha value is -6.29. The fourth-order valence-electron chi connectivity index (χ4n) is 8.05. The summed E-state index contributed by atoms with van der Waals surface area (Å²) in [5.74, 6) is 0.641. The summed E-state index contributed by atoms with van der Waals surface area (Å²) in [5, 5.41) is 12.2. The van der Waals surface area contributed by atoms with E-state index < -0.39 is 0 Å². The summed E-state index contributed by atoms with van der Waals surface area (Å²) in [7, 11) is 0. The van der Waals surface area contributed by atoms with Gasteiger partial charge in [-0.25, -0.2) is 4.98 Å². The highest BCUT2D eigenvalue weighted by Gasteiger charge is 2.20. The minimum atomic E-state index is 0.641. The molecule has 0 saturated carbocycles. The summed E-state index contributed by atoms with van der Waals surface area (Å²) in [6.07, 6.45) is 0. The number of benzene rings is 9. The molecule has 2 heterocycles. The van der Waals surface area contributed by atoms with Crippen LogP contribution in [0.25, 0.3) is 108 Å². The van der Waals surface area contributed by atoms with Crippen LogP contribution in [0.15, 0.2) is 168 Å². The Kier molecular flexibility index (Phi) is 5.86. The molecule has 0 fully saturated rings. The van der Waals surface area contributed by atoms with E-state index in [0.29, 0.717) is 5.89 Å². The number of hydrogen-bond donors (Lipinski definition) is 0. The third kappa shape index (κ3) is 3.98. The first-order valence-electron chi connectivity index (χ1n) is 17.0. The lowest BCUT2D eigenvalue weighted by Crippen LogP contribution is -1.91. The Bertz CT molecular complexity index is 3090. The van der Waals surface area contributed by atoms with Crippen LogP contribution >= 0.6 is 11.3 Å². The highest BCUT2D eigenvalue weighted by Crippen LogP contribution is 2.48. The molecule has 11 aromatic rings. The van der Waals surface area contributed by atoms with Gasteiger partial charge in [0.2, 0.25) is 5.89 Å². The minimum absolute atomic E-state index is 0.641. The summed E-state index contributed by atoms with van der Waals surface area (Å²) in [5.41, 5.74) is 7.67. The van der Waals surface area contributed by atoms with E-state index in [1.807, 2.05) is 41.7 Å². The number of hydrogen-bond acceptors (Lipinski definition) is 3. The molecule has 11 rings (SSSR count). The smallest absolute Gasteiger partial charge is 0.227 e. The van der Waals surface area contributed by atoms with Gasteiger partial charge in [0, 0.05) is 36.7 Å². The van der Waals surface area contributed by atoms with E-state index >= 15 is 0 Å². The molecule has 0 unspecified atom stereocenters. The number of thiophene rings is 1. The molecule has 0 spiro atoms. The minimum Gasteiger partial charge on any atom is -0.435 e. The van der Waals surface area contributed by atoms with Gasteiger partial charge in [0.05, 0.1) is 0 Å². The molecule has 0 amide bonds. The molecule has 2 aromatic heterocycles. The molecule has 2 nitrogen and oxygen atoms in total. The van der Waals surface area contributed by atoms with Gasteiger partial charge in [-0.1, -0.05) is 133 Å². The van der Waals surface area contributed by atoms with Crippen LogP contribution in [0, 0.1) is 0 Å². The van der Waals surface area contributed by atoms with E-state index in [-0.39, 0.29) is 0 Å². The van der Waals surface area contributed by atoms with Gasteiger partial charge in [0.1, 0.15) is 5.52 Å². The lowest BCUT2D eigenvalue weighted by Gasteiger charge is -2.18. The van der Waals surface area contributed by atoms with Gasteiger partial charge in [-0.15, -0.1) is 11.3 Å². The Morgan fingerprint density at radius 3 is 1.84 bits per heavy atom. The summed E-state index contributed by atoms with van der Waals surface area (Å²) in [6.45, 7) is 0. The summed E-state index contributed by atoms with van der Waals surface area (Å²) < 4.78 is 9.23. The lowest BCUT2D eigenvalue weighted by atomic mass is 9.85. The van der Waals surface area contributed by atoms with Crippen LogP contribution in [-0.4, -0.2) is 4.98 Å². The monoisotopic (exact) mass is 653 g/mol. The lowest BCUT2D eigenvalue weighted by molar-refractivity contribution is 0.623. The summed E-state index contributed by atoms with van der Waals surface area (Å²) >= 11 is 1.89. The first-order valence-corrected chi connectivity index (χ1v) is 17.8. The molecule has 0 saturated heterocycles. The van der Waals surface area contributed by atoms with Gasteiger partial charge < -0.3 is 4.42 Å². The second-order valence-electron chi connectivity index (χ2n) is 13.0.